The molecule has 0 unspecified atom stereocenters. The number of carbonyl (C=O) groups excluding carboxylic acids is 1. The van der Waals surface area contributed by atoms with Crippen molar-refractivity contribution in [2.75, 3.05) is 17.6 Å². The third kappa shape index (κ3) is 2.30. The van der Waals surface area contributed by atoms with E-state index >= 15 is 0 Å². The quantitative estimate of drug-likeness (QED) is 0.743. The highest BCUT2D eigenvalue weighted by atomic mass is 16.3. The van der Waals surface area contributed by atoms with Gasteiger partial charge in [-0.2, -0.15) is 9.78 Å². The molecule has 6 nitrogen and oxygen atoms in total. The van der Waals surface area contributed by atoms with Gasteiger partial charge >= 0.3 is 0 Å². The maximum absolute atomic E-state index is 13.0. The molecule has 2 aliphatic rings. The van der Waals surface area contributed by atoms with E-state index in [1.54, 1.807) is 0 Å². The molecule has 4 rings (SSSR count). The van der Waals surface area contributed by atoms with Gasteiger partial charge in [0, 0.05) is 24.2 Å². The SMILES string of the molecule is Nc1c2c(nn1C(=O)[C@H]1CCNc3ccccc31)CC[C@@H](O)C2. The Morgan fingerprint density at radius 3 is 3.04 bits per heavy atom. The van der Waals surface area contributed by atoms with Crippen LogP contribution in [-0.4, -0.2) is 33.4 Å². The predicted molar refractivity (Wildman–Crippen MR) is 87.6 cm³/mol. The number of nitrogens with two attached hydrogens (primary N) is 1. The summed E-state index contributed by atoms with van der Waals surface area (Å²) in [5, 5.41) is 17.6. The number of hydrogen-bond acceptors (Lipinski definition) is 5. The topological polar surface area (TPSA) is 93.2 Å². The predicted octanol–water partition coefficient (Wildman–Crippen LogP) is 1.55. The Kier molecular flexibility index (Phi) is 3.34. The van der Waals surface area contributed by atoms with Crippen LogP contribution < -0.4 is 11.1 Å². The number of fused-ring (bicyclic) bond motifs is 2. The molecule has 1 aliphatic heterocycles. The van der Waals surface area contributed by atoms with E-state index in [1.807, 2.05) is 24.3 Å². The second-order valence-electron chi connectivity index (χ2n) is 6.31. The molecule has 1 aliphatic carbocycles. The number of anilines is 2. The van der Waals surface area contributed by atoms with Gasteiger partial charge in [0.25, 0.3) is 5.91 Å². The third-order valence-electron chi connectivity index (χ3n) is 4.85. The average Bonchev–Trinajstić information content (AvgIpc) is 2.90. The van der Waals surface area contributed by atoms with Crippen molar-refractivity contribution in [3.8, 4) is 0 Å². The molecule has 2 aromatic rings. The highest BCUT2D eigenvalue weighted by Crippen LogP contribution is 2.34. The molecule has 6 heteroatoms. The number of nitrogens with one attached hydrogen (secondary N) is 1. The second-order valence-corrected chi connectivity index (χ2v) is 6.31. The lowest BCUT2D eigenvalue weighted by molar-refractivity contribution is 0.0859. The minimum absolute atomic E-state index is 0.0830. The molecular weight excluding hydrogens is 292 g/mol. The number of para-hydroxylation sites is 1. The number of aryl methyl sites for hydroxylation is 1. The van der Waals surface area contributed by atoms with Gasteiger partial charge in [0.05, 0.1) is 17.7 Å². The van der Waals surface area contributed by atoms with Crippen molar-refractivity contribution in [1.82, 2.24) is 9.78 Å². The highest BCUT2D eigenvalue weighted by molar-refractivity contribution is 5.90. The first-order valence-electron chi connectivity index (χ1n) is 8.06. The summed E-state index contributed by atoms with van der Waals surface area (Å²) in [6, 6.07) is 7.87. The Morgan fingerprint density at radius 1 is 1.35 bits per heavy atom. The van der Waals surface area contributed by atoms with Gasteiger partial charge < -0.3 is 16.2 Å². The van der Waals surface area contributed by atoms with Gasteiger partial charge in [0.2, 0.25) is 0 Å². The van der Waals surface area contributed by atoms with Crippen LogP contribution in [0.2, 0.25) is 0 Å². The first-order valence-corrected chi connectivity index (χ1v) is 8.06. The number of nitrogen functional groups attached to an aromatic ring is 1. The molecule has 23 heavy (non-hydrogen) atoms. The number of aliphatic hydroxyl groups is 1. The van der Waals surface area contributed by atoms with Crippen LogP contribution >= 0.6 is 0 Å². The Hall–Kier alpha value is -2.34. The number of benzene rings is 1. The van der Waals surface area contributed by atoms with E-state index in [1.165, 1.54) is 4.68 Å². The molecule has 0 saturated heterocycles. The minimum atomic E-state index is -0.392. The van der Waals surface area contributed by atoms with E-state index < -0.39 is 6.10 Å². The monoisotopic (exact) mass is 312 g/mol. The molecule has 1 aromatic heterocycles. The van der Waals surface area contributed by atoms with Gasteiger partial charge in [-0.25, -0.2) is 0 Å². The lowest BCUT2D eigenvalue weighted by Gasteiger charge is -2.25. The largest absolute Gasteiger partial charge is 0.393 e. The Morgan fingerprint density at radius 2 is 2.17 bits per heavy atom. The lowest BCUT2D eigenvalue weighted by Crippen LogP contribution is -2.28. The van der Waals surface area contributed by atoms with E-state index in [0.29, 0.717) is 25.1 Å². The maximum Gasteiger partial charge on any atom is 0.256 e. The van der Waals surface area contributed by atoms with Crippen molar-refractivity contribution in [3.63, 3.8) is 0 Å². The zero-order valence-electron chi connectivity index (χ0n) is 12.8. The van der Waals surface area contributed by atoms with Crippen LogP contribution in [0.5, 0.6) is 0 Å². The number of aliphatic hydroxyl groups excluding tert-OH is 1. The van der Waals surface area contributed by atoms with Crippen molar-refractivity contribution >= 4 is 17.4 Å². The second kappa shape index (κ2) is 5.38. The van der Waals surface area contributed by atoms with Gasteiger partial charge in [0.15, 0.2) is 0 Å². The lowest BCUT2D eigenvalue weighted by atomic mass is 9.90. The first-order chi connectivity index (χ1) is 11.1. The van der Waals surface area contributed by atoms with Gasteiger partial charge in [-0.05, 0) is 30.9 Å². The fraction of sp³-hybridized carbons (Fsp3) is 0.412. The zero-order chi connectivity index (χ0) is 16.0. The van der Waals surface area contributed by atoms with Crippen LogP contribution in [0.1, 0.15) is 40.4 Å². The van der Waals surface area contributed by atoms with Gasteiger partial charge in [-0.15, -0.1) is 0 Å². The maximum atomic E-state index is 13.0. The average molecular weight is 312 g/mol. The fourth-order valence-electron chi connectivity index (χ4n) is 3.62. The van der Waals surface area contributed by atoms with Crippen LogP contribution in [-0.2, 0) is 12.8 Å². The molecular formula is C17H20N4O2. The molecule has 2 atom stereocenters. The van der Waals surface area contributed by atoms with Gasteiger partial charge in [-0.1, -0.05) is 18.2 Å². The number of carbonyl (C=O) groups is 1. The van der Waals surface area contributed by atoms with Crippen LogP contribution in [0, 0.1) is 0 Å². The molecule has 0 fully saturated rings. The Balaban J connectivity index is 1.71. The molecule has 0 bridgehead atoms. The summed E-state index contributed by atoms with van der Waals surface area (Å²) in [6.45, 7) is 0.757. The molecule has 0 saturated carbocycles. The number of nitrogens with zero attached hydrogens (tertiary/aromatic N) is 2. The van der Waals surface area contributed by atoms with Crippen LogP contribution in [0.3, 0.4) is 0 Å². The van der Waals surface area contributed by atoms with Gasteiger partial charge in [0.1, 0.15) is 5.82 Å². The molecule has 4 N–H and O–H groups in total. The van der Waals surface area contributed by atoms with Crippen LogP contribution in [0.15, 0.2) is 24.3 Å². The van der Waals surface area contributed by atoms with E-state index in [9.17, 15) is 9.90 Å². The van der Waals surface area contributed by atoms with Crippen LogP contribution in [0.4, 0.5) is 11.5 Å². The standard InChI is InChI=1S/C17H20N4O2/c18-16-13-9-10(22)5-6-15(13)20-21(16)17(23)12-7-8-19-14-4-2-1-3-11(12)14/h1-4,10,12,19,22H,5-9,18H2/t10-,12+/m1/s1. The van der Waals surface area contributed by atoms with E-state index in [4.69, 9.17) is 5.73 Å². The van der Waals surface area contributed by atoms with E-state index in [0.717, 1.165) is 35.5 Å². The summed E-state index contributed by atoms with van der Waals surface area (Å²) in [4.78, 5) is 13.0. The van der Waals surface area contributed by atoms with E-state index in [-0.39, 0.29) is 11.8 Å². The van der Waals surface area contributed by atoms with Crippen molar-refractivity contribution < 1.29 is 9.90 Å². The molecule has 2 heterocycles. The van der Waals surface area contributed by atoms with Crippen molar-refractivity contribution in [2.24, 2.45) is 0 Å². The first kappa shape index (κ1) is 14.3. The number of hydrogen-bond donors (Lipinski definition) is 3. The van der Waals surface area contributed by atoms with Crippen molar-refractivity contribution in [1.29, 1.82) is 0 Å². The smallest absolute Gasteiger partial charge is 0.256 e. The highest BCUT2D eigenvalue weighted by Gasteiger charge is 2.32. The summed E-state index contributed by atoms with van der Waals surface area (Å²) in [7, 11) is 0. The van der Waals surface area contributed by atoms with Crippen molar-refractivity contribution in [2.45, 2.75) is 37.7 Å². The molecule has 0 amide bonds. The summed E-state index contributed by atoms with van der Waals surface area (Å²) < 4.78 is 1.36. The van der Waals surface area contributed by atoms with E-state index in [2.05, 4.69) is 10.4 Å². The Bertz CT molecular complexity index is 768. The molecule has 120 valence electrons. The zero-order valence-corrected chi connectivity index (χ0v) is 12.8. The molecule has 0 spiro atoms. The van der Waals surface area contributed by atoms with Gasteiger partial charge in [-0.3, -0.25) is 4.79 Å². The third-order valence-corrected chi connectivity index (χ3v) is 4.85. The van der Waals surface area contributed by atoms with Crippen LogP contribution in [0.25, 0.3) is 0 Å². The minimum Gasteiger partial charge on any atom is -0.393 e. The number of aromatic nitrogens is 2. The van der Waals surface area contributed by atoms with Crippen molar-refractivity contribution in [3.05, 3.63) is 41.1 Å². The Labute approximate surface area is 134 Å². The number of rotatable bonds is 1. The summed E-state index contributed by atoms with van der Waals surface area (Å²) >= 11 is 0. The molecule has 0 radical (unpaired) electrons. The summed E-state index contributed by atoms with van der Waals surface area (Å²) in [5.41, 5.74) is 9.85. The summed E-state index contributed by atoms with van der Waals surface area (Å²) in [6.07, 6.45) is 2.16. The fourth-order valence-corrected chi connectivity index (χ4v) is 3.62. The normalized spacial score (nSPS) is 22.8. The summed E-state index contributed by atoms with van der Waals surface area (Å²) in [5.74, 6) is 0.0705. The molecule has 1 aromatic carbocycles.